The quantitative estimate of drug-likeness (QED) is 0.545. The zero-order valence-corrected chi connectivity index (χ0v) is 14.5. The van der Waals surface area contributed by atoms with Crippen LogP contribution in [0.5, 0.6) is 11.5 Å². The van der Waals surface area contributed by atoms with E-state index in [1.807, 2.05) is 13.8 Å². The van der Waals surface area contributed by atoms with E-state index in [2.05, 4.69) is 10.6 Å². The van der Waals surface area contributed by atoms with Crippen molar-refractivity contribution in [1.82, 2.24) is 5.32 Å². The van der Waals surface area contributed by atoms with Gasteiger partial charge in [0.05, 0.1) is 10.6 Å². The molecule has 0 saturated heterocycles. The fourth-order valence-electron chi connectivity index (χ4n) is 2.27. The molecule has 0 radical (unpaired) electrons. The number of nitrogens with zero attached hydrogens (tertiary/aromatic N) is 1. The number of carbonyl (C=O) groups is 1. The lowest BCUT2D eigenvalue weighted by Gasteiger charge is -2.16. The fourth-order valence-corrected chi connectivity index (χ4v) is 2.27. The van der Waals surface area contributed by atoms with Crippen LogP contribution in [-0.2, 0) is 0 Å². The molecule has 7 nitrogen and oxygen atoms in total. The molecule has 2 aromatic carbocycles. The smallest absolute Gasteiger partial charge is 0.319 e. The number of benzene rings is 2. The van der Waals surface area contributed by atoms with Gasteiger partial charge in [-0.3, -0.25) is 10.1 Å². The maximum atomic E-state index is 14.2. The lowest BCUT2D eigenvalue weighted by atomic mass is 10.2. The summed E-state index contributed by atoms with van der Waals surface area (Å²) in [5.41, 5.74) is -0.0314. The van der Waals surface area contributed by atoms with E-state index in [1.54, 1.807) is 0 Å². The number of anilines is 1. The molecule has 0 unspecified atom stereocenters. The number of amides is 2. The minimum atomic E-state index is -0.649. The highest BCUT2D eigenvalue weighted by Gasteiger charge is 2.12. The second kappa shape index (κ2) is 8.80. The van der Waals surface area contributed by atoms with Crippen LogP contribution in [-0.4, -0.2) is 17.0 Å². The Bertz CT molecular complexity index is 777. The van der Waals surface area contributed by atoms with E-state index in [9.17, 15) is 19.3 Å². The molecule has 26 heavy (non-hydrogen) atoms. The van der Waals surface area contributed by atoms with Crippen molar-refractivity contribution in [2.45, 2.75) is 32.7 Å². The number of hydrogen-bond acceptors (Lipinski definition) is 4. The molecule has 138 valence electrons. The second-order valence-corrected chi connectivity index (χ2v) is 5.61. The predicted molar refractivity (Wildman–Crippen MR) is 96.1 cm³/mol. The Labute approximate surface area is 150 Å². The normalized spacial score (nSPS) is 10.5. The first-order chi connectivity index (χ1) is 12.4. The Morgan fingerprint density at radius 1 is 1.15 bits per heavy atom. The number of ether oxygens (including phenoxy) is 1. The lowest BCUT2D eigenvalue weighted by molar-refractivity contribution is -0.384. The summed E-state index contributed by atoms with van der Waals surface area (Å²) in [5, 5.41) is 15.8. The monoisotopic (exact) mass is 361 g/mol. The molecular formula is C18H20FN3O4. The van der Waals surface area contributed by atoms with Gasteiger partial charge in [-0.2, -0.15) is 0 Å². The molecule has 0 fully saturated rings. The minimum absolute atomic E-state index is 0.0304. The summed E-state index contributed by atoms with van der Waals surface area (Å²) in [5.74, 6) is -0.103. The van der Waals surface area contributed by atoms with Gasteiger partial charge in [0.2, 0.25) is 0 Å². The SMILES string of the molecule is CCC(CC)NC(=O)Nc1ccc(Oc2ccc([N+](=O)[O-])cc2)cc1F. The van der Waals surface area contributed by atoms with E-state index in [0.717, 1.165) is 18.9 Å². The van der Waals surface area contributed by atoms with Crippen LogP contribution in [0.2, 0.25) is 0 Å². The summed E-state index contributed by atoms with van der Waals surface area (Å²) in [6, 6.07) is 9.02. The molecule has 0 saturated carbocycles. The van der Waals surface area contributed by atoms with Crippen molar-refractivity contribution in [3.63, 3.8) is 0 Å². The highest BCUT2D eigenvalue weighted by Crippen LogP contribution is 2.27. The third-order valence-corrected chi connectivity index (χ3v) is 3.79. The second-order valence-electron chi connectivity index (χ2n) is 5.61. The van der Waals surface area contributed by atoms with Crippen LogP contribution in [0.15, 0.2) is 42.5 Å². The molecule has 0 aliphatic heterocycles. The van der Waals surface area contributed by atoms with Crippen molar-refractivity contribution >= 4 is 17.4 Å². The number of carbonyl (C=O) groups excluding carboxylic acids is 1. The van der Waals surface area contributed by atoms with Crippen LogP contribution in [0.25, 0.3) is 0 Å². The highest BCUT2D eigenvalue weighted by atomic mass is 19.1. The van der Waals surface area contributed by atoms with E-state index in [4.69, 9.17) is 4.74 Å². The van der Waals surface area contributed by atoms with Gasteiger partial charge in [-0.25, -0.2) is 9.18 Å². The molecule has 0 bridgehead atoms. The van der Waals surface area contributed by atoms with Gasteiger partial charge in [0.15, 0.2) is 0 Å². The van der Waals surface area contributed by atoms with Gasteiger partial charge < -0.3 is 15.4 Å². The van der Waals surface area contributed by atoms with Crippen molar-refractivity contribution in [2.75, 3.05) is 5.32 Å². The molecular weight excluding hydrogens is 341 g/mol. The van der Waals surface area contributed by atoms with E-state index in [-0.39, 0.29) is 23.2 Å². The Balaban J connectivity index is 2.02. The average molecular weight is 361 g/mol. The predicted octanol–water partition coefficient (Wildman–Crippen LogP) is 4.84. The summed E-state index contributed by atoms with van der Waals surface area (Å²) in [4.78, 5) is 22.0. The number of rotatable bonds is 7. The number of urea groups is 1. The van der Waals surface area contributed by atoms with Gasteiger partial charge in [0.25, 0.3) is 5.69 Å². The average Bonchev–Trinajstić information content (AvgIpc) is 2.62. The van der Waals surface area contributed by atoms with E-state index >= 15 is 0 Å². The fraction of sp³-hybridized carbons (Fsp3) is 0.278. The summed E-state index contributed by atoms with van der Waals surface area (Å²) < 4.78 is 19.6. The van der Waals surface area contributed by atoms with Gasteiger partial charge in [-0.15, -0.1) is 0 Å². The minimum Gasteiger partial charge on any atom is -0.457 e. The first-order valence-corrected chi connectivity index (χ1v) is 8.22. The van der Waals surface area contributed by atoms with E-state index in [1.165, 1.54) is 36.4 Å². The standard InChI is InChI=1S/C18H20FN3O4/c1-3-12(4-2)20-18(23)21-17-10-9-15(11-16(17)19)26-14-7-5-13(6-8-14)22(24)25/h5-12H,3-4H2,1-2H3,(H2,20,21,23). The molecule has 0 aromatic heterocycles. The molecule has 0 aliphatic rings. The zero-order chi connectivity index (χ0) is 19.1. The maximum Gasteiger partial charge on any atom is 0.319 e. The lowest BCUT2D eigenvalue weighted by Crippen LogP contribution is -2.37. The number of halogens is 1. The Morgan fingerprint density at radius 2 is 1.77 bits per heavy atom. The highest BCUT2D eigenvalue weighted by molar-refractivity contribution is 5.89. The topological polar surface area (TPSA) is 93.5 Å². The molecule has 2 aromatic rings. The summed E-state index contributed by atoms with van der Waals surface area (Å²) >= 11 is 0. The zero-order valence-electron chi connectivity index (χ0n) is 14.5. The first kappa shape index (κ1) is 19.2. The van der Waals surface area contributed by atoms with Crippen LogP contribution in [0.3, 0.4) is 0 Å². The molecule has 0 heterocycles. The third-order valence-electron chi connectivity index (χ3n) is 3.79. The van der Waals surface area contributed by atoms with Gasteiger partial charge in [-0.05, 0) is 37.1 Å². The molecule has 0 spiro atoms. The molecule has 0 aliphatic carbocycles. The number of nitrogens with one attached hydrogen (secondary N) is 2. The van der Waals surface area contributed by atoms with Crippen LogP contribution in [0.4, 0.5) is 20.6 Å². The van der Waals surface area contributed by atoms with Crippen molar-refractivity contribution in [3.8, 4) is 11.5 Å². The van der Waals surface area contributed by atoms with Crippen LogP contribution >= 0.6 is 0 Å². The first-order valence-electron chi connectivity index (χ1n) is 8.22. The van der Waals surface area contributed by atoms with Crippen molar-refractivity contribution in [3.05, 3.63) is 58.4 Å². The molecule has 8 heteroatoms. The van der Waals surface area contributed by atoms with Crippen molar-refractivity contribution in [1.29, 1.82) is 0 Å². The van der Waals surface area contributed by atoms with Gasteiger partial charge in [0, 0.05) is 24.2 Å². The molecule has 0 atom stereocenters. The van der Waals surface area contributed by atoms with Crippen molar-refractivity contribution < 1.29 is 18.8 Å². The van der Waals surface area contributed by atoms with Crippen LogP contribution in [0, 0.1) is 15.9 Å². The molecule has 2 rings (SSSR count). The van der Waals surface area contributed by atoms with Crippen LogP contribution in [0.1, 0.15) is 26.7 Å². The Hall–Kier alpha value is -3.16. The van der Waals surface area contributed by atoms with E-state index in [0.29, 0.717) is 5.75 Å². The van der Waals surface area contributed by atoms with Crippen molar-refractivity contribution in [2.24, 2.45) is 0 Å². The van der Waals surface area contributed by atoms with Gasteiger partial charge in [-0.1, -0.05) is 13.8 Å². The number of nitro groups is 1. The van der Waals surface area contributed by atoms with Gasteiger partial charge >= 0.3 is 6.03 Å². The van der Waals surface area contributed by atoms with Crippen LogP contribution < -0.4 is 15.4 Å². The number of nitro benzene ring substituents is 1. The number of hydrogen-bond donors (Lipinski definition) is 2. The molecule has 2 amide bonds. The Kier molecular flexibility index (Phi) is 6.48. The Morgan fingerprint density at radius 3 is 2.31 bits per heavy atom. The third kappa shape index (κ3) is 5.17. The maximum absolute atomic E-state index is 14.2. The molecule has 2 N–H and O–H groups in total. The van der Waals surface area contributed by atoms with Gasteiger partial charge in [0.1, 0.15) is 17.3 Å². The van der Waals surface area contributed by atoms with E-state index < -0.39 is 16.8 Å². The summed E-state index contributed by atoms with van der Waals surface area (Å²) in [7, 11) is 0. The summed E-state index contributed by atoms with van der Waals surface area (Å²) in [6.45, 7) is 3.92. The largest absolute Gasteiger partial charge is 0.457 e. The number of non-ortho nitro benzene ring substituents is 1. The summed E-state index contributed by atoms with van der Waals surface area (Å²) in [6.07, 6.45) is 1.57.